The van der Waals surface area contributed by atoms with Crippen molar-refractivity contribution in [3.63, 3.8) is 0 Å². The molecule has 0 fully saturated rings. The van der Waals surface area contributed by atoms with Gasteiger partial charge in [-0.2, -0.15) is 4.99 Å². The van der Waals surface area contributed by atoms with E-state index >= 15 is 0 Å². The normalized spacial score (nSPS) is 11.0. The van der Waals surface area contributed by atoms with Crippen LogP contribution in [0.3, 0.4) is 0 Å². The van der Waals surface area contributed by atoms with Crippen LogP contribution in [0.2, 0.25) is 0 Å². The number of amidine groups is 1. The number of rotatable bonds is 2. The molecule has 0 bridgehead atoms. The Morgan fingerprint density at radius 2 is 1.94 bits per heavy atom. The first-order valence-electron chi connectivity index (χ1n) is 9.28. The highest BCUT2D eigenvalue weighted by Crippen LogP contribution is 2.19. The van der Waals surface area contributed by atoms with Gasteiger partial charge in [0.1, 0.15) is 16.9 Å². The van der Waals surface area contributed by atoms with E-state index in [-0.39, 0.29) is 17.3 Å². The van der Waals surface area contributed by atoms with Gasteiger partial charge in [-0.1, -0.05) is 18.8 Å². The van der Waals surface area contributed by atoms with Crippen LogP contribution in [0.15, 0.2) is 29.6 Å². The predicted octanol–water partition coefficient (Wildman–Crippen LogP) is 1.88. The minimum atomic E-state index is -0.666. The molecule has 3 rings (SSSR count). The lowest BCUT2D eigenvalue weighted by molar-refractivity contribution is 0.100. The van der Waals surface area contributed by atoms with Gasteiger partial charge in [0.15, 0.2) is 5.90 Å². The summed E-state index contributed by atoms with van der Waals surface area (Å²) in [6, 6.07) is 1.10. The van der Waals surface area contributed by atoms with Gasteiger partial charge < -0.3 is 16.2 Å². The van der Waals surface area contributed by atoms with Gasteiger partial charge in [-0.05, 0) is 19.9 Å². The molecule has 0 saturated heterocycles. The molecule has 5 N–H and O–H groups in total. The number of carbonyl (C=O) groups excluding carboxylic acids is 1. The van der Waals surface area contributed by atoms with Crippen molar-refractivity contribution in [3.8, 4) is 11.8 Å². The molecule has 0 radical (unpaired) electrons. The number of nitrogens with zero attached hydrogens (tertiary/aromatic N) is 5. The van der Waals surface area contributed by atoms with Crippen LogP contribution in [0.1, 0.15) is 46.2 Å². The number of hydrogen-bond acceptors (Lipinski definition) is 8. The highest BCUT2D eigenvalue weighted by atomic mass is 16.5. The van der Waals surface area contributed by atoms with Gasteiger partial charge in [-0.15, -0.1) is 0 Å². The second kappa shape index (κ2) is 8.96. The van der Waals surface area contributed by atoms with Gasteiger partial charge in [0, 0.05) is 24.4 Å². The number of nitrogens with one attached hydrogen (secondary N) is 1. The molecule has 0 aromatic carbocycles. The minimum absolute atomic E-state index is 0.0957. The number of fused-ring (bicyclic) bond motifs is 1. The third kappa shape index (κ3) is 4.97. The Bertz CT molecular complexity index is 1290. The van der Waals surface area contributed by atoms with Crippen molar-refractivity contribution in [2.24, 2.45) is 10.7 Å². The molecular formula is C21H20N8O2. The van der Waals surface area contributed by atoms with E-state index in [2.05, 4.69) is 36.8 Å². The van der Waals surface area contributed by atoms with Gasteiger partial charge >= 0.3 is 0 Å². The predicted molar refractivity (Wildman–Crippen MR) is 116 cm³/mol. The van der Waals surface area contributed by atoms with Crippen molar-refractivity contribution < 1.29 is 9.53 Å². The summed E-state index contributed by atoms with van der Waals surface area (Å²) in [7, 11) is 0. The lowest BCUT2D eigenvalue weighted by Crippen LogP contribution is -2.21. The molecule has 156 valence electrons. The Balaban J connectivity index is 1.94. The molecule has 3 heterocycles. The lowest BCUT2D eigenvalue weighted by Gasteiger charge is -2.05. The lowest BCUT2D eigenvalue weighted by atomic mass is 10.1. The van der Waals surface area contributed by atoms with E-state index in [9.17, 15) is 4.79 Å². The summed E-state index contributed by atoms with van der Waals surface area (Å²) >= 11 is 0. The highest BCUT2D eigenvalue weighted by Gasteiger charge is 2.11. The number of aryl methyl sites for hydroxylation is 2. The summed E-state index contributed by atoms with van der Waals surface area (Å²) in [6.07, 6.45) is 4.71. The number of nitrogen functional groups attached to an aromatic ring is 1. The Hall–Kier alpha value is -4.39. The summed E-state index contributed by atoms with van der Waals surface area (Å²) < 4.78 is 4.91. The van der Waals surface area contributed by atoms with E-state index in [0.29, 0.717) is 28.6 Å². The maximum atomic E-state index is 12.3. The zero-order chi connectivity index (χ0) is 22.5. The first kappa shape index (κ1) is 21.3. The third-order valence-electron chi connectivity index (χ3n) is 4.23. The molecule has 3 aromatic rings. The smallest absolute Gasteiger partial charge is 0.296 e. The molecule has 0 aliphatic heterocycles. The SMILES string of the molecule is CCC(=N)OC(N)=NC(=O)c1cncc(C#Cc2c(N)ncc3nc(C)c(C)nc23)c1. The molecule has 0 spiro atoms. The summed E-state index contributed by atoms with van der Waals surface area (Å²) in [5, 5.41) is 7.44. The molecule has 0 aliphatic rings. The maximum Gasteiger partial charge on any atom is 0.296 e. The zero-order valence-electron chi connectivity index (χ0n) is 17.2. The number of amides is 1. The molecule has 31 heavy (non-hydrogen) atoms. The first-order chi connectivity index (χ1) is 14.8. The highest BCUT2D eigenvalue weighted by molar-refractivity contribution is 6.02. The maximum absolute atomic E-state index is 12.3. The first-order valence-corrected chi connectivity index (χ1v) is 9.28. The van der Waals surface area contributed by atoms with Crippen molar-refractivity contribution in [2.45, 2.75) is 27.2 Å². The number of carbonyl (C=O) groups is 1. The van der Waals surface area contributed by atoms with Crippen LogP contribution in [-0.4, -0.2) is 37.8 Å². The summed E-state index contributed by atoms with van der Waals surface area (Å²) in [5.74, 6) is 5.34. The van der Waals surface area contributed by atoms with E-state index < -0.39 is 11.9 Å². The second-order valence-electron chi connectivity index (χ2n) is 6.49. The van der Waals surface area contributed by atoms with Crippen molar-refractivity contribution in [3.05, 3.63) is 52.7 Å². The fourth-order valence-corrected chi connectivity index (χ4v) is 2.48. The quantitative estimate of drug-likeness (QED) is 0.323. The van der Waals surface area contributed by atoms with E-state index in [1.54, 1.807) is 13.1 Å². The monoisotopic (exact) mass is 416 g/mol. The van der Waals surface area contributed by atoms with Crippen molar-refractivity contribution in [2.75, 3.05) is 5.73 Å². The number of pyridine rings is 2. The molecule has 1 amide bonds. The molecule has 0 atom stereocenters. The van der Waals surface area contributed by atoms with Gasteiger partial charge in [0.2, 0.25) is 0 Å². The molecule has 0 saturated carbocycles. The van der Waals surface area contributed by atoms with Gasteiger partial charge in [-0.25, -0.2) is 15.0 Å². The van der Waals surface area contributed by atoms with Gasteiger partial charge in [0.25, 0.3) is 11.9 Å². The molecule has 0 unspecified atom stereocenters. The number of aliphatic imine (C=N–C) groups is 1. The van der Waals surface area contributed by atoms with Crippen molar-refractivity contribution in [1.82, 2.24) is 19.9 Å². The van der Waals surface area contributed by atoms with E-state index in [1.807, 2.05) is 13.8 Å². The van der Waals surface area contributed by atoms with E-state index in [0.717, 1.165) is 11.4 Å². The average Bonchev–Trinajstić information content (AvgIpc) is 2.74. The summed E-state index contributed by atoms with van der Waals surface area (Å²) in [6.45, 7) is 5.44. The Morgan fingerprint density at radius 3 is 2.68 bits per heavy atom. The number of nitrogens with two attached hydrogens (primary N) is 2. The zero-order valence-corrected chi connectivity index (χ0v) is 17.2. The van der Waals surface area contributed by atoms with Crippen LogP contribution in [0.25, 0.3) is 11.0 Å². The Morgan fingerprint density at radius 1 is 1.19 bits per heavy atom. The van der Waals surface area contributed by atoms with E-state index in [1.165, 1.54) is 18.5 Å². The Kier molecular flexibility index (Phi) is 6.16. The largest absolute Gasteiger partial charge is 0.412 e. The number of aromatic nitrogens is 4. The molecule has 0 aliphatic carbocycles. The van der Waals surface area contributed by atoms with Crippen LogP contribution >= 0.6 is 0 Å². The molecule has 3 aromatic heterocycles. The molecule has 10 nitrogen and oxygen atoms in total. The molecule has 10 heteroatoms. The Labute approximate surface area is 178 Å². The van der Waals surface area contributed by atoms with Crippen LogP contribution in [-0.2, 0) is 4.74 Å². The van der Waals surface area contributed by atoms with Crippen LogP contribution < -0.4 is 11.5 Å². The van der Waals surface area contributed by atoms with Crippen LogP contribution in [0.5, 0.6) is 0 Å². The number of ether oxygens (including phenoxy) is 1. The van der Waals surface area contributed by atoms with E-state index in [4.69, 9.17) is 21.6 Å². The average molecular weight is 416 g/mol. The fraction of sp³-hybridized carbons (Fsp3) is 0.190. The minimum Gasteiger partial charge on any atom is -0.412 e. The number of hydrogen-bond donors (Lipinski definition) is 3. The standard InChI is InChI=1S/C21H20N8O2/c1-4-17(22)31-21(24)29-20(30)14-7-13(8-25-9-14)5-6-15-18-16(10-26-19(15)23)27-11(2)12(3)28-18/h7-10,22H,4H2,1-3H3,(H2,23,26)(H2,24,29,30). The molecular weight excluding hydrogens is 396 g/mol. The summed E-state index contributed by atoms with van der Waals surface area (Å²) in [5.41, 5.74) is 15.3. The number of anilines is 1. The van der Waals surface area contributed by atoms with Gasteiger partial charge in [0.05, 0.1) is 28.7 Å². The summed E-state index contributed by atoms with van der Waals surface area (Å²) in [4.78, 5) is 33.1. The second-order valence-corrected chi connectivity index (χ2v) is 6.49. The third-order valence-corrected chi connectivity index (χ3v) is 4.23. The topological polar surface area (TPSA) is 166 Å². The van der Waals surface area contributed by atoms with Crippen molar-refractivity contribution >= 4 is 34.7 Å². The van der Waals surface area contributed by atoms with Gasteiger partial charge in [-0.3, -0.25) is 15.2 Å². The van der Waals surface area contributed by atoms with Crippen LogP contribution in [0.4, 0.5) is 5.82 Å². The van der Waals surface area contributed by atoms with Crippen molar-refractivity contribution in [1.29, 1.82) is 5.41 Å². The van der Waals surface area contributed by atoms with Crippen LogP contribution in [0, 0.1) is 31.1 Å². The fourth-order valence-electron chi connectivity index (χ4n) is 2.48.